The number of hydrogen-bond donors (Lipinski definition) is 2. The first-order valence-electron chi connectivity index (χ1n) is 6.42. The fourth-order valence-electron chi connectivity index (χ4n) is 2.28. The molecule has 1 amide bonds. The summed E-state index contributed by atoms with van der Waals surface area (Å²) in [6.07, 6.45) is 3.00. The number of amides is 1. The number of methoxy groups -OCH3 is 1. The minimum Gasteiger partial charge on any atom is -0.494 e. The zero-order valence-electron chi connectivity index (χ0n) is 11.7. The van der Waals surface area contributed by atoms with Crippen molar-refractivity contribution in [2.45, 2.75) is 0 Å². The first-order chi connectivity index (χ1) is 10.5. The van der Waals surface area contributed by atoms with E-state index in [0.717, 1.165) is 0 Å². The maximum absolute atomic E-state index is 13.8. The van der Waals surface area contributed by atoms with Gasteiger partial charge in [-0.3, -0.25) is 4.79 Å². The lowest BCUT2D eigenvalue weighted by Gasteiger charge is -2.03. The molecule has 2 aromatic heterocycles. The predicted octanol–water partition coefficient (Wildman–Crippen LogP) is 1.83. The molecule has 0 aliphatic carbocycles. The number of halogens is 1. The van der Waals surface area contributed by atoms with Crippen LogP contribution in [0.15, 0.2) is 36.7 Å². The van der Waals surface area contributed by atoms with Crippen LogP contribution in [-0.2, 0) is 0 Å². The van der Waals surface area contributed by atoms with E-state index in [4.69, 9.17) is 16.2 Å². The van der Waals surface area contributed by atoms with E-state index in [9.17, 15) is 9.18 Å². The number of fused-ring (bicyclic) bond motifs is 1. The van der Waals surface area contributed by atoms with Crippen molar-refractivity contribution < 1.29 is 13.9 Å². The monoisotopic (exact) mass is 300 g/mol. The van der Waals surface area contributed by atoms with E-state index < -0.39 is 11.7 Å². The minimum atomic E-state index is -0.647. The summed E-state index contributed by atoms with van der Waals surface area (Å²) in [6.45, 7) is 0. The van der Waals surface area contributed by atoms with E-state index in [1.165, 1.54) is 23.9 Å². The summed E-state index contributed by atoms with van der Waals surface area (Å²) in [5.74, 6) is -0.944. The molecule has 0 aliphatic rings. The van der Waals surface area contributed by atoms with Gasteiger partial charge in [0.15, 0.2) is 11.6 Å². The number of ether oxygens (including phenoxy) is 1. The topological polar surface area (TPSA) is 95.6 Å². The molecule has 4 N–H and O–H groups in total. The second-order valence-electron chi connectivity index (χ2n) is 4.74. The van der Waals surface area contributed by atoms with E-state index in [0.29, 0.717) is 16.6 Å². The van der Waals surface area contributed by atoms with Gasteiger partial charge in [0.25, 0.3) is 5.91 Å². The first-order valence-corrected chi connectivity index (χ1v) is 6.42. The molecule has 7 heteroatoms. The zero-order chi connectivity index (χ0) is 15.9. The Bertz CT molecular complexity index is 889. The molecule has 0 saturated carbocycles. The molecular formula is C15H13FN4O2. The normalized spacial score (nSPS) is 10.8. The van der Waals surface area contributed by atoms with Crippen LogP contribution in [0.4, 0.5) is 10.1 Å². The van der Waals surface area contributed by atoms with Crippen LogP contribution in [0, 0.1) is 5.82 Å². The largest absolute Gasteiger partial charge is 0.494 e. The lowest BCUT2D eigenvalue weighted by molar-refractivity contribution is 0.100. The number of anilines is 1. The van der Waals surface area contributed by atoms with Crippen molar-refractivity contribution in [3.63, 3.8) is 0 Å². The molecule has 0 unspecified atom stereocenters. The average molecular weight is 300 g/mol. The smallest absolute Gasteiger partial charge is 0.252 e. The highest BCUT2D eigenvalue weighted by Crippen LogP contribution is 2.29. The molecule has 2 heterocycles. The molecule has 0 bridgehead atoms. The third kappa shape index (κ3) is 2.12. The Labute approximate surface area is 125 Å². The third-order valence-electron chi connectivity index (χ3n) is 3.43. The number of nitrogens with zero attached hydrogens (tertiary/aromatic N) is 2. The van der Waals surface area contributed by atoms with Gasteiger partial charge in [0.05, 0.1) is 30.1 Å². The number of rotatable bonds is 3. The Morgan fingerprint density at radius 3 is 2.73 bits per heavy atom. The second-order valence-corrected chi connectivity index (χ2v) is 4.74. The van der Waals surface area contributed by atoms with Crippen LogP contribution in [0.5, 0.6) is 5.75 Å². The highest BCUT2D eigenvalue weighted by atomic mass is 19.1. The fourth-order valence-corrected chi connectivity index (χ4v) is 2.28. The van der Waals surface area contributed by atoms with Crippen molar-refractivity contribution in [3.8, 4) is 16.9 Å². The molecule has 3 aromatic rings. The Morgan fingerprint density at radius 1 is 1.32 bits per heavy atom. The zero-order valence-corrected chi connectivity index (χ0v) is 11.7. The van der Waals surface area contributed by atoms with Crippen LogP contribution in [-0.4, -0.2) is 22.6 Å². The number of hydrogen-bond acceptors (Lipinski definition) is 4. The van der Waals surface area contributed by atoms with E-state index in [1.54, 1.807) is 24.4 Å². The van der Waals surface area contributed by atoms with E-state index in [-0.39, 0.29) is 17.0 Å². The second kappa shape index (κ2) is 5.03. The summed E-state index contributed by atoms with van der Waals surface area (Å²) >= 11 is 0. The lowest BCUT2D eigenvalue weighted by atomic mass is 10.1. The molecule has 0 aliphatic heterocycles. The number of carbonyl (C=O) groups excluding carboxylic acids is 1. The van der Waals surface area contributed by atoms with E-state index in [1.807, 2.05) is 0 Å². The van der Waals surface area contributed by atoms with Gasteiger partial charge in [-0.2, -0.15) is 5.10 Å². The Morgan fingerprint density at radius 2 is 2.09 bits per heavy atom. The summed E-state index contributed by atoms with van der Waals surface area (Å²) in [7, 11) is 1.40. The molecule has 0 radical (unpaired) electrons. The van der Waals surface area contributed by atoms with Gasteiger partial charge in [0.1, 0.15) is 0 Å². The van der Waals surface area contributed by atoms with Crippen LogP contribution in [0.3, 0.4) is 0 Å². The summed E-state index contributed by atoms with van der Waals surface area (Å²) in [4.78, 5) is 11.3. The summed E-state index contributed by atoms with van der Waals surface area (Å²) in [5.41, 5.74) is 13.4. The van der Waals surface area contributed by atoms with Crippen LogP contribution in [0.25, 0.3) is 16.6 Å². The van der Waals surface area contributed by atoms with Crippen LogP contribution in [0.2, 0.25) is 0 Å². The average Bonchev–Trinajstić information content (AvgIpc) is 2.92. The molecule has 6 nitrogen and oxygen atoms in total. The quantitative estimate of drug-likeness (QED) is 0.771. The molecule has 0 spiro atoms. The number of nitrogen functional groups attached to an aromatic ring is 1. The Balaban J connectivity index is 2.14. The van der Waals surface area contributed by atoms with Crippen molar-refractivity contribution in [3.05, 3.63) is 48.0 Å². The van der Waals surface area contributed by atoms with Crippen LogP contribution < -0.4 is 16.2 Å². The Hall–Kier alpha value is -3.09. The molecule has 0 fully saturated rings. The standard InChI is InChI=1S/C15H13FN4O2/c1-22-13-3-2-8(4-11(13)16)9-5-12-14(17)10(15(18)21)6-19-20(12)7-9/h2-7H,17H2,1H3,(H2,18,21). The van der Waals surface area contributed by atoms with Crippen LogP contribution in [0.1, 0.15) is 10.4 Å². The number of primary amides is 1. The highest BCUT2D eigenvalue weighted by Gasteiger charge is 2.13. The molecular weight excluding hydrogens is 287 g/mol. The molecule has 112 valence electrons. The number of nitrogens with two attached hydrogens (primary N) is 2. The van der Waals surface area contributed by atoms with Gasteiger partial charge in [-0.05, 0) is 23.8 Å². The van der Waals surface area contributed by atoms with Crippen molar-refractivity contribution in [1.29, 1.82) is 0 Å². The van der Waals surface area contributed by atoms with E-state index >= 15 is 0 Å². The molecule has 3 rings (SSSR count). The minimum absolute atomic E-state index is 0.151. The third-order valence-corrected chi connectivity index (χ3v) is 3.43. The van der Waals surface area contributed by atoms with Gasteiger partial charge in [-0.1, -0.05) is 6.07 Å². The predicted molar refractivity (Wildman–Crippen MR) is 80.1 cm³/mol. The van der Waals surface area contributed by atoms with Crippen molar-refractivity contribution in [1.82, 2.24) is 9.61 Å². The van der Waals surface area contributed by atoms with Crippen molar-refractivity contribution in [2.75, 3.05) is 12.8 Å². The summed E-state index contributed by atoms with van der Waals surface area (Å²) < 4.78 is 20.2. The first kappa shape index (κ1) is 13.9. The summed E-state index contributed by atoms with van der Waals surface area (Å²) in [5, 5.41) is 4.08. The number of carbonyl (C=O) groups is 1. The molecule has 22 heavy (non-hydrogen) atoms. The van der Waals surface area contributed by atoms with Crippen molar-refractivity contribution in [2.24, 2.45) is 5.73 Å². The van der Waals surface area contributed by atoms with Gasteiger partial charge < -0.3 is 16.2 Å². The highest BCUT2D eigenvalue weighted by molar-refractivity contribution is 6.01. The lowest BCUT2D eigenvalue weighted by Crippen LogP contribution is -2.15. The maximum atomic E-state index is 13.8. The molecule has 1 aromatic carbocycles. The maximum Gasteiger partial charge on any atom is 0.252 e. The SMILES string of the molecule is COc1ccc(-c2cc3c(N)c(C(N)=O)cnn3c2)cc1F. The van der Waals surface area contributed by atoms with Gasteiger partial charge in [-0.15, -0.1) is 0 Å². The van der Waals surface area contributed by atoms with Gasteiger partial charge >= 0.3 is 0 Å². The van der Waals surface area contributed by atoms with Gasteiger partial charge in [0, 0.05) is 11.8 Å². The van der Waals surface area contributed by atoms with Gasteiger partial charge in [-0.25, -0.2) is 8.91 Å². The molecule has 0 saturated heterocycles. The Kier molecular flexibility index (Phi) is 3.17. The summed E-state index contributed by atoms with van der Waals surface area (Å²) in [6, 6.07) is 6.34. The van der Waals surface area contributed by atoms with Crippen LogP contribution >= 0.6 is 0 Å². The molecule has 0 atom stereocenters. The van der Waals surface area contributed by atoms with E-state index in [2.05, 4.69) is 5.10 Å². The van der Waals surface area contributed by atoms with Crippen molar-refractivity contribution >= 4 is 17.1 Å². The number of benzene rings is 1. The number of aromatic nitrogens is 2. The fraction of sp³-hybridized carbons (Fsp3) is 0.0667. The van der Waals surface area contributed by atoms with Gasteiger partial charge in [0.2, 0.25) is 0 Å².